The van der Waals surface area contributed by atoms with E-state index in [1.54, 1.807) is 0 Å². The Balaban J connectivity index is 1.81. The maximum absolute atomic E-state index is 4.18. The lowest BCUT2D eigenvalue weighted by atomic mass is 10.1. The fourth-order valence-corrected chi connectivity index (χ4v) is 2.27. The molecule has 1 saturated carbocycles. The van der Waals surface area contributed by atoms with Gasteiger partial charge in [0.15, 0.2) is 0 Å². The van der Waals surface area contributed by atoms with Crippen molar-refractivity contribution in [2.24, 2.45) is 5.92 Å². The predicted octanol–water partition coefficient (Wildman–Crippen LogP) is 1.97. The molecule has 0 saturated heterocycles. The summed E-state index contributed by atoms with van der Waals surface area (Å²) in [5.74, 6) is 0.826. The molecule has 1 aliphatic rings. The van der Waals surface area contributed by atoms with Gasteiger partial charge in [-0.3, -0.25) is 4.68 Å². The molecule has 0 atom stereocenters. The summed E-state index contributed by atoms with van der Waals surface area (Å²) in [5, 5.41) is 11.7. The quantitative estimate of drug-likeness (QED) is 0.828. The molecule has 0 aliphatic heterocycles. The van der Waals surface area contributed by atoms with Crippen LogP contribution >= 0.6 is 0 Å². The van der Waals surface area contributed by atoms with Gasteiger partial charge in [-0.25, -0.2) is 0 Å². The SMILES string of the molecule is CC(C)NCc1cn(CC2CCCC2)nn1. The summed E-state index contributed by atoms with van der Waals surface area (Å²) in [5.41, 5.74) is 1.05. The van der Waals surface area contributed by atoms with Gasteiger partial charge in [0.1, 0.15) is 0 Å². The molecule has 1 heterocycles. The second-order valence-electron chi connectivity index (χ2n) is 5.12. The van der Waals surface area contributed by atoms with E-state index in [2.05, 4.69) is 35.7 Å². The van der Waals surface area contributed by atoms with E-state index in [1.165, 1.54) is 25.7 Å². The van der Waals surface area contributed by atoms with Gasteiger partial charge >= 0.3 is 0 Å². The molecule has 0 spiro atoms. The van der Waals surface area contributed by atoms with E-state index in [0.29, 0.717) is 6.04 Å². The largest absolute Gasteiger partial charge is 0.309 e. The molecule has 2 rings (SSSR count). The van der Waals surface area contributed by atoms with Crippen molar-refractivity contribution in [1.82, 2.24) is 20.3 Å². The molecule has 4 nitrogen and oxygen atoms in total. The summed E-state index contributed by atoms with van der Waals surface area (Å²) in [6.07, 6.45) is 7.58. The molecule has 0 aromatic carbocycles. The molecule has 4 heteroatoms. The first-order valence-corrected chi connectivity index (χ1v) is 6.36. The zero-order chi connectivity index (χ0) is 11.4. The molecule has 1 N–H and O–H groups in total. The minimum absolute atomic E-state index is 0.500. The average molecular weight is 222 g/mol. The van der Waals surface area contributed by atoms with Crippen molar-refractivity contribution in [3.8, 4) is 0 Å². The Hall–Kier alpha value is -0.900. The Morgan fingerprint density at radius 1 is 1.44 bits per heavy atom. The van der Waals surface area contributed by atoms with E-state index in [4.69, 9.17) is 0 Å². The minimum Gasteiger partial charge on any atom is -0.309 e. The standard InChI is InChI=1S/C12H22N4/c1-10(2)13-7-12-9-16(15-14-12)8-11-5-3-4-6-11/h9-11,13H,3-8H2,1-2H3. The lowest BCUT2D eigenvalue weighted by Gasteiger charge is -2.07. The van der Waals surface area contributed by atoms with Gasteiger partial charge in [-0.05, 0) is 18.8 Å². The minimum atomic E-state index is 0.500. The van der Waals surface area contributed by atoms with Gasteiger partial charge in [-0.1, -0.05) is 31.9 Å². The highest BCUT2D eigenvalue weighted by Crippen LogP contribution is 2.25. The molecule has 16 heavy (non-hydrogen) atoms. The van der Waals surface area contributed by atoms with Crippen molar-refractivity contribution in [3.63, 3.8) is 0 Å². The smallest absolute Gasteiger partial charge is 0.0964 e. The number of nitrogens with one attached hydrogen (secondary N) is 1. The van der Waals surface area contributed by atoms with E-state index in [9.17, 15) is 0 Å². The van der Waals surface area contributed by atoms with Crippen LogP contribution in [-0.2, 0) is 13.1 Å². The number of nitrogens with zero attached hydrogens (tertiary/aromatic N) is 3. The van der Waals surface area contributed by atoms with Gasteiger partial charge in [-0.15, -0.1) is 5.10 Å². The summed E-state index contributed by atoms with van der Waals surface area (Å²) in [6, 6.07) is 0.500. The molecule has 1 aliphatic carbocycles. The Labute approximate surface area is 97.4 Å². The monoisotopic (exact) mass is 222 g/mol. The topological polar surface area (TPSA) is 42.7 Å². The highest BCUT2D eigenvalue weighted by atomic mass is 15.4. The first-order valence-electron chi connectivity index (χ1n) is 6.36. The number of hydrogen-bond acceptors (Lipinski definition) is 3. The van der Waals surface area contributed by atoms with Crippen molar-refractivity contribution >= 4 is 0 Å². The molecular weight excluding hydrogens is 200 g/mol. The van der Waals surface area contributed by atoms with E-state index in [1.807, 2.05) is 4.68 Å². The zero-order valence-electron chi connectivity index (χ0n) is 10.3. The third-order valence-corrected chi connectivity index (χ3v) is 3.20. The van der Waals surface area contributed by atoms with Crippen molar-refractivity contribution in [2.45, 2.75) is 58.7 Å². The molecule has 0 bridgehead atoms. The number of aromatic nitrogens is 3. The van der Waals surface area contributed by atoms with Gasteiger partial charge in [0.2, 0.25) is 0 Å². The Morgan fingerprint density at radius 3 is 2.88 bits per heavy atom. The highest BCUT2D eigenvalue weighted by molar-refractivity contribution is 4.92. The van der Waals surface area contributed by atoms with Gasteiger partial charge < -0.3 is 5.32 Å². The van der Waals surface area contributed by atoms with Crippen LogP contribution in [0.25, 0.3) is 0 Å². The van der Waals surface area contributed by atoms with Crippen LogP contribution in [0.2, 0.25) is 0 Å². The first-order chi connectivity index (χ1) is 7.74. The summed E-state index contributed by atoms with van der Waals surface area (Å²) in [7, 11) is 0. The van der Waals surface area contributed by atoms with Crippen LogP contribution in [-0.4, -0.2) is 21.0 Å². The third kappa shape index (κ3) is 3.30. The van der Waals surface area contributed by atoms with E-state index < -0.39 is 0 Å². The van der Waals surface area contributed by atoms with E-state index >= 15 is 0 Å². The summed E-state index contributed by atoms with van der Waals surface area (Å²) < 4.78 is 2.01. The van der Waals surface area contributed by atoms with Crippen molar-refractivity contribution in [1.29, 1.82) is 0 Å². The second-order valence-corrected chi connectivity index (χ2v) is 5.12. The van der Waals surface area contributed by atoms with Crippen LogP contribution in [0.1, 0.15) is 45.2 Å². The van der Waals surface area contributed by atoms with E-state index in [-0.39, 0.29) is 0 Å². The summed E-state index contributed by atoms with van der Waals surface area (Å²) >= 11 is 0. The van der Waals surface area contributed by atoms with Crippen LogP contribution in [0, 0.1) is 5.92 Å². The zero-order valence-corrected chi connectivity index (χ0v) is 10.3. The van der Waals surface area contributed by atoms with Gasteiger partial charge in [0.05, 0.1) is 5.69 Å². The highest BCUT2D eigenvalue weighted by Gasteiger charge is 2.16. The fraction of sp³-hybridized carbons (Fsp3) is 0.833. The van der Waals surface area contributed by atoms with Gasteiger partial charge in [0.25, 0.3) is 0 Å². The van der Waals surface area contributed by atoms with Crippen LogP contribution < -0.4 is 5.32 Å². The molecule has 1 aromatic heterocycles. The van der Waals surface area contributed by atoms with E-state index in [0.717, 1.165) is 24.7 Å². The molecule has 1 fully saturated rings. The lowest BCUT2D eigenvalue weighted by molar-refractivity contribution is 0.421. The summed E-state index contributed by atoms with van der Waals surface area (Å²) in [4.78, 5) is 0. The Kier molecular flexibility index (Phi) is 3.93. The molecule has 1 aromatic rings. The average Bonchev–Trinajstić information content (AvgIpc) is 2.87. The number of rotatable bonds is 5. The summed E-state index contributed by atoms with van der Waals surface area (Å²) in [6.45, 7) is 6.16. The maximum atomic E-state index is 4.18. The van der Waals surface area contributed by atoms with Crippen molar-refractivity contribution in [3.05, 3.63) is 11.9 Å². The van der Waals surface area contributed by atoms with Crippen molar-refractivity contribution in [2.75, 3.05) is 0 Å². The molecule has 90 valence electrons. The fourth-order valence-electron chi connectivity index (χ4n) is 2.27. The van der Waals surface area contributed by atoms with Crippen LogP contribution in [0.4, 0.5) is 0 Å². The number of hydrogen-bond donors (Lipinski definition) is 1. The van der Waals surface area contributed by atoms with Gasteiger partial charge in [-0.2, -0.15) is 0 Å². The molecule has 0 radical (unpaired) electrons. The third-order valence-electron chi connectivity index (χ3n) is 3.20. The van der Waals surface area contributed by atoms with Crippen molar-refractivity contribution < 1.29 is 0 Å². The van der Waals surface area contributed by atoms with Crippen LogP contribution in [0.5, 0.6) is 0 Å². The Morgan fingerprint density at radius 2 is 2.19 bits per heavy atom. The second kappa shape index (κ2) is 5.43. The van der Waals surface area contributed by atoms with Crippen LogP contribution in [0.15, 0.2) is 6.20 Å². The lowest BCUT2D eigenvalue weighted by Crippen LogP contribution is -2.21. The molecular formula is C12H22N4. The molecule has 0 unspecified atom stereocenters. The van der Waals surface area contributed by atoms with Crippen LogP contribution in [0.3, 0.4) is 0 Å². The first kappa shape index (κ1) is 11.6. The molecule has 0 amide bonds. The predicted molar refractivity (Wildman–Crippen MR) is 64.0 cm³/mol. The van der Waals surface area contributed by atoms with Gasteiger partial charge in [0, 0.05) is 25.3 Å². The Bertz CT molecular complexity index is 313. The maximum Gasteiger partial charge on any atom is 0.0964 e. The normalized spacial score (nSPS) is 17.4.